The fraction of sp³-hybridized carbons (Fsp3) is 1.00. The lowest BCUT2D eigenvalue weighted by atomic mass is 11.0. The van der Waals surface area contributed by atoms with Crippen molar-refractivity contribution in [3.63, 3.8) is 0 Å². The normalized spacial score (nSPS) is 14.2. The van der Waals surface area contributed by atoms with Crippen LogP contribution in [0.3, 0.4) is 0 Å². The molecule has 0 radical (unpaired) electrons. The van der Waals surface area contributed by atoms with Crippen LogP contribution in [-0.2, 0) is 0 Å². The minimum absolute atomic E-state index is 0.437. The minimum Gasteiger partial charge on any atom is -0.130 e. The number of hydrogen-bond donors (Lipinski definition) is 0. The van der Waals surface area contributed by atoms with Crippen LogP contribution in [0, 0.1) is 0 Å². The Morgan fingerprint density at radius 1 is 0.818 bits per heavy atom. The van der Waals surface area contributed by atoms with E-state index in [0.717, 1.165) is 0 Å². The highest BCUT2D eigenvalue weighted by Gasteiger charge is 2.34. The van der Waals surface area contributed by atoms with E-state index in [2.05, 4.69) is 46.2 Å². The third-order valence-electron chi connectivity index (χ3n) is 1.94. The van der Waals surface area contributed by atoms with Crippen molar-refractivity contribution in [1.82, 2.24) is 0 Å². The lowest BCUT2D eigenvalue weighted by Crippen LogP contribution is -2.33. The first-order valence-corrected chi connectivity index (χ1v) is 14.7. The predicted octanol–water partition coefficient (Wildman–Crippen LogP) is 4.16. The van der Waals surface area contributed by atoms with Gasteiger partial charge < -0.3 is 0 Å². The van der Waals surface area contributed by atoms with Crippen LogP contribution >= 0.6 is 7.02 Å². The number of rotatable bonds is 3. The molecular formula is C8H23PSi2. The highest BCUT2D eigenvalue weighted by atomic mass is 31.6. The zero-order valence-corrected chi connectivity index (χ0v) is 12.0. The quantitative estimate of drug-likeness (QED) is 0.480. The fourth-order valence-corrected chi connectivity index (χ4v) is 35.7. The zero-order chi connectivity index (χ0) is 9.28. The molecule has 0 unspecified atom stereocenters. The van der Waals surface area contributed by atoms with E-state index >= 15 is 0 Å². The molecule has 0 aromatic carbocycles. The first-order valence-electron chi connectivity index (χ1n) is 4.47. The van der Waals surface area contributed by atoms with Gasteiger partial charge in [0, 0.05) is 0 Å². The Balaban J connectivity index is 4.43. The summed E-state index contributed by atoms with van der Waals surface area (Å²) in [6, 6.07) is 0. The Hall–Kier alpha value is 0.864. The van der Waals surface area contributed by atoms with E-state index < -0.39 is 15.5 Å². The molecule has 0 aliphatic heterocycles. The van der Waals surface area contributed by atoms with E-state index in [1.165, 1.54) is 6.16 Å². The average Bonchev–Trinajstić information content (AvgIpc) is 1.56. The smallest absolute Gasteiger partial charge is 0.0679 e. The summed E-state index contributed by atoms with van der Waals surface area (Å²) in [5, 5.41) is 0. The second-order valence-corrected chi connectivity index (χ2v) is 27.9. The van der Waals surface area contributed by atoms with Crippen LogP contribution in [0.4, 0.5) is 0 Å². The molecular weight excluding hydrogens is 183 g/mol. The molecule has 3 heteroatoms. The van der Waals surface area contributed by atoms with E-state index in [-0.39, 0.29) is 0 Å². The first kappa shape index (κ1) is 11.9. The summed E-state index contributed by atoms with van der Waals surface area (Å²) < 4.78 is 0. The molecule has 0 nitrogen and oxygen atoms in total. The van der Waals surface area contributed by atoms with Gasteiger partial charge in [-0.25, -0.2) is 0 Å². The van der Waals surface area contributed by atoms with Gasteiger partial charge in [0.25, 0.3) is 0 Å². The van der Waals surface area contributed by atoms with Gasteiger partial charge in [0.05, 0.1) is 15.5 Å². The highest BCUT2D eigenvalue weighted by Crippen LogP contribution is 2.54. The Labute approximate surface area is 75.3 Å². The maximum atomic E-state index is 2.54. The monoisotopic (exact) mass is 206 g/mol. The van der Waals surface area contributed by atoms with Gasteiger partial charge >= 0.3 is 0 Å². The largest absolute Gasteiger partial charge is 0.130 e. The Kier molecular flexibility index (Phi) is 4.01. The lowest BCUT2D eigenvalue weighted by molar-refractivity contribution is 1.51. The van der Waals surface area contributed by atoms with Crippen molar-refractivity contribution in [2.24, 2.45) is 0 Å². The van der Waals surface area contributed by atoms with Gasteiger partial charge in [-0.2, -0.15) is 0 Å². The first-order chi connectivity index (χ1) is 4.69. The lowest BCUT2D eigenvalue weighted by Gasteiger charge is -2.38. The molecule has 0 spiro atoms. The third kappa shape index (κ3) is 3.86. The van der Waals surface area contributed by atoms with Gasteiger partial charge in [0.1, 0.15) is 0 Å². The molecule has 0 amide bonds. The average molecular weight is 206 g/mol. The van der Waals surface area contributed by atoms with Crippen molar-refractivity contribution in [1.29, 1.82) is 0 Å². The maximum Gasteiger partial charge on any atom is 0.0679 e. The van der Waals surface area contributed by atoms with Crippen molar-refractivity contribution in [2.45, 2.75) is 46.2 Å². The second-order valence-electron chi connectivity index (χ2n) is 5.09. The fourth-order valence-electron chi connectivity index (χ4n) is 1.95. The van der Waals surface area contributed by atoms with E-state index in [1.807, 2.05) is 0 Å². The molecule has 0 N–H and O–H groups in total. The molecule has 0 aromatic heterocycles. The summed E-state index contributed by atoms with van der Waals surface area (Å²) in [7, 11) is -1.15. The van der Waals surface area contributed by atoms with E-state index in [1.54, 1.807) is 0 Å². The van der Waals surface area contributed by atoms with Crippen LogP contribution in [-0.4, -0.2) is 21.6 Å². The van der Waals surface area contributed by atoms with E-state index in [9.17, 15) is 0 Å². The Morgan fingerprint density at radius 2 is 1.09 bits per heavy atom. The van der Waals surface area contributed by atoms with Crippen LogP contribution in [0.25, 0.3) is 0 Å². The summed E-state index contributed by atoms with van der Waals surface area (Å²) >= 11 is 0. The minimum atomic E-state index is -0.796. The summed E-state index contributed by atoms with van der Waals surface area (Å²) in [4.78, 5) is 0. The van der Waals surface area contributed by atoms with E-state index in [0.29, 0.717) is 7.02 Å². The van der Waals surface area contributed by atoms with Crippen molar-refractivity contribution >= 4 is 22.5 Å². The molecule has 0 saturated carbocycles. The van der Waals surface area contributed by atoms with Gasteiger partial charge in [-0.05, 0) is 6.16 Å². The molecule has 0 aromatic rings. The van der Waals surface area contributed by atoms with Gasteiger partial charge in [0.15, 0.2) is 0 Å². The third-order valence-corrected chi connectivity index (χ3v) is 29.5. The molecule has 0 bridgehead atoms. The van der Waals surface area contributed by atoms with Gasteiger partial charge in [-0.1, -0.05) is 46.2 Å². The molecule has 0 fully saturated rings. The Morgan fingerprint density at radius 3 is 1.09 bits per heavy atom. The van der Waals surface area contributed by atoms with Crippen LogP contribution < -0.4 is 0 Å². The molecule has 0 rings (SSSR count). The summed E-state index contributed by atoms with van der Waals surface area (Å²) in [5.41, 5.74) is 0. The summed E-state index contributed by atoms with van der Waals surface area (Å²) in [5.74, 6) is 0. The topological polar surface area (TPSA) is 0 Å². The van der Waals surface area contributed by atoms with Gasteiger partial charge in [-0.15, -0.1) is 7.02 Å². The van der Waals surface area contributed by atoms with Crippen molar-refractivity contribution < 1.29 is 0 Å². The SMILES string of the molecule is CCP([Si](C)(C)C)[Si](C)(C)C. The molecule has 68 valence electrons. The molecule has 0 saturated heterocycles. The second kappa shape index (κ2) is 3.72. The molecule has 0 aliphatic carbocycles. The van der Waals surface area contributed by atoms with Crippen molar-refractivity contribution in [3.8, 4) is 0 Å². The van der Waals surface area contributed by atoms with Gasteiger partial charge in [0.2, 0.25) is 0 Å². The van der Waals surface area contributed by atoms with Crippen LogP contribution in [0.2, 0.25) is 39.3 Å². The maximum absolute atomic E-state index is 2.54. The zero-order valence-electron chi connectivity index (χ0n) is 9.15. The summed E-state index contributed by atoms with van der Waals surface area (Å²) in [6.45, 7) is 17.6. The molecule has 0 atom stereocenters. The van der Waals surface area contributed by atoms with Crippen LogP contribution in [0.1, 0.15) is 6.92 Å². The molecule has 0 heterocycles. The Bertz CT molecular complexity index is 107. The summed E-state index contributed by atoms with van der Waals surface area (Å²) in [6.07, 6.45) is 1.47. The van der Waals surface area contributed by atoms with Gasteiger partial charge in [-0.3, -0.25) is 0 Å². The van der Waals surface area contributed by atoms with Crippen molar-refractivity contribution in [2.75, 3.05) is 6.16 Å². The molecule has 11 heavy (non-hydrogen) atoms. The highest BCUT2D eigenvalue weighted by molar-refractivity contribution is 8.18. The molecule has 0 aliphatic rings. The standard InChI is InChI=1S/C8H23PSi2/c1-8-9(10(2,3)4)11(5,6)7/h8H2,1-7H3. The van der Waals surface area contributed by atoms with Crippen molar-refractivity contribution in [3.05, 3.63) is 0 Å². The van der Waals surface area contributed by atoms with Crippen LogP contribution in [0.5, 0.6) is 0 Å². The van der Waals surface area contributed by atoms with Crippen LogP contribution in [0.15, 0.2) is 0 Å². The van der Waals surface area contributed by atoms with E-state index in [4.69, 9.17) is 0 Å². The predicted molar refractivity (Wildman–Crippen MR) is 64.2 cm³/mol. The number of hydrogen-bond acceptors (Lipinski definition) is 0.